The van der Waals surface area contributed by atoms with Crippen LogP contribution in [0.25, 0.3) is 10.1 Å². The largest absolute Gasteiger partial charge is 0.354 e. The molecule has 1 amide bonds. The van der Waals surface area contributed by atoms with Crippen molar-refractivity contribution in [3.8, 4) is 0 Å². The molecule has 0 aliphatic carbocycles. The molecule has 3 rings (SSSR count). The van der Waals surface area contributed by atoms with E-state index in [1.54, 1.807) is 31.2 Å². The molecule has 0 radical (unpaired) electrons. The van der Waals surface area contributed by atoms with E-state index in [1.807, 2.05) is 12.1 Å². The lowest BCUT2D eigenvalue weighted by Gasteiger charge is -2.12. The van der Waals surface area contributed by atoms with Gasteiger partial charge in [-0.05, 0) is 43.2 Å². The predicted molar refractivity (Wildman–Crippen MR) is 105 cm³/mol. The number of nitrogens with zero attached hydrogens (tertiary/aromatic N) is 1. The fourth-order valence-electron chi connectivity index (χ4n) is 2.67. The van der Waals surface area contributed by atoms with Crippen molar-refractivity contribution in [2.45, 2.75) is 24.3 Å². The van der Waals surface area contributed by atoms with Gasteiger partial charge in [-0.3, -0.25) is 13.5 Å². The van der Waals surface area contributed by atoms with Crippen LogP contribution in [0.1, 0.15) is 18.5 Å². The van der Waals surface area contributed by atoms with E-state index in [2.05, 4.69) is 5.32 Å². The number of carbonyl (C=O) groups is 1. The monoisotopic (exact) mass is 405 g/mol. The number of hydrogen-bond donors (Lipinski definition) is 2. The maximum absolute atomic E-state index is 12.4. The van der Waals surface area contributed by atoms with E-state index < -0.39 is 16.1 Å². The smallest absolute Gasteiger partial charge is 0.269 e. The molecule has 0 aliphatic heterocycles. The molecule has 0 spiro atoms. The lowest BCUT2D eigenvalue weighted by molar-refractivity contribution is -0.123. The zero-order chi connectivity index (χ0) is 19.6. The van der Waals surface area contributed by atoms with Crippen LogP contribution in [0, 0.1) is 0 Å². The first-order valence-corrected chi connectivity index (χ1v) is 10.6. The van der Waals surface area contributed by atoms with Gasteiger partial charge in [0.15, 0.2) is 0 Å². The summed E-state index contributed by atoms with van der Waals surface area (Å²) in [6.45, 7) is 2.06. The number of carbonyl (C=O) groups excluding carboxylic acids is 1. The van der Waals surface area contributed by atoms with Crippen molar-refractivity contribution in [1.29, 1.82) is 0 Å². The third-order valence-corrected chi connectivity index (χ3v) is 6.37. The third-order valence-electron chi connectivity index (χ3n) is 4.21. The Kier molecular flexibility index (Phi) is 5.45. The first-order chi connectivity index (χ1) is 12.8. The molecule has 27 heavy (non-hydrogen) atoms. The molecule has 1 atom stereocenters. The Morgan fingerprint density at radius 2 is 1.85 bits per heavy atom. The summed E-state index contributed by atoms with van der Waals surface area (Å²) in [5, 5.41) is 8.48. The summed E-state index contributed by atoms with van der Waals surface area (Å²) in [5.74, 6) is -0.246. The van der Waals surface area contributed by atoms with Crippen LogP contribution in [0.2, 0.25) is 0 Å². The minimum atomic E-state index is -3.71. The molecular formula is C18H19N3O4S2. The normalized spacial score (nSPS) is 12.8. The van der Waals surface area contributed by atoms with Crippen molar-refractivity contribution in [2.75, 3.05) is 6.54 Å². The van der Waals surface area contributed by atoms with Gasteiger partial charge in [-0.25, -0.2) is 13.6 Å². The molecule has 142 valence electrons. The van der Waals surface area contributed by atoms with Crippen LogP contribution in [0.15, 0.2) is 58.2 Å². The number of hydrogen-bond acceptors (Lipinski definition) is 5. The van der Waals surface area contributed by atoms with Crippen LogP contribution in [0.4, 0.5) is 0 Å². The number of aromatic nitrogens is 1. The predicted octanol–water partition coefficient (Wildman–Crippen LogP) is 1.63. The summed E-state index contributed by atoms with van der Waals surface area (Å²) in [6.07, 6.45) is 0.532. The molecule has 9 heteroatoms. The van der Waals surface area contributed by atoms with E-state index in [9.17, 15) is 18.0 Å². The van der Waals surface area contributed by atoms with Gasteiger partial charge in [0.2, 0.25) is 15.9 Å². The van der Waals surface area contributed by atoms with E-state index in [4.69, 9.17) is 5.14 Å². The zero-order valence-corrected chi connectivity index (χ0v) is 16.2. The maximum Gasteiger partial charge on any atom is 0.269 e. The first-order valence-electron chi connectivity index (χ1n) is 8.27. The quantitative estimate of drug-likeness (QED) is 0.649. The minimum Gasteiger partial charge on any atom is -0.354 e. The van der Waals surface area contributed by atoms with Crippen molar-refractivity contribution >= 4 is 37.5 Å². The van der Waals surface area contributed by atoms with Gasteiger partial charge in [-0.2, -0.15) is 0 Å². The Bertz CT molecular complexity index is 1130. The second-order valence-corrected chi connectivity index (χ2v) is 8.70. The summed E-state index contributed by atoms with van der Waals surface area (Å²) in [6, 6.07) is 12.8. The van der Waals surface area contributed by atoms with Crippen LogP contribution in [0.3, 0.4) is 0 Å². The van der Waals surface area contributed by atoms with Crippen LogP contribution in [-0.4, -0.2) is 24.8 Å². The molecule has 1 heterocycles. The number of primary sulfonamides is 1. The van der Waals surface area contributed by atoms with Gasteiger partial charge in [-0.1, -0.05) is 35.8 Å². The van der Waals surface area contributed by atoms with Gasteiger partial charge < -0.3 is 5.32 Å². The molecule has 1 aromatic heterocycles. The Morgan fingerprint density at radius 3 is 2.48 bits per heavy atom. The first kappa shape index (κ1) is 19.3. The second kappa shape index (κ2) is 7.63. The van der Waals surface area contributed by atoms with E-state index >= 15 is 0 Å². The zero-order valence-electron chi connectivity index (χ0n) is 14.6. The Hall–Kier alpha value is -2.49. The second-order valence-electron chi connectivity index (χ2n) is 6.12. The topological polar surface area (TPSA) is 111 Å². The molecule has 3 N–H and O–H groups in total. The fraction of sp³-hybridized carbons (Fsp3) is 0.222. The minimum absolute atomic E-state index is 0.0491. The van der Waals surface area contributed by atoms with Gasteiger partial charge in [0.25, 0.3) is 5.56 Å². The average Bonchev–Trinajstić information content (AvgIpc) is 2.98. The Morgan fingerprint density at radius 1 is 1.19 bits per heavy atom. The van der Waals surface area contributed by atoms with Crippen LogP contribution < -0.4 is 16.0 Å². The average molecular weight is 406 g/mol. The molecule has 0 saturated heterocycles. The molecule has 7 nitrogen and oxygen atoms in total. The Balaban J connectivity index is 1.62. The highest BCUT2D eigenvalue weighted by Crippen LogP contribution is 2.19. The van der Waals surface area contributed by atoms with Gasteiger partial charge >= 0.3 is 0 Å². The van der Waals surface area contributed by atoms with Crippen molar-refractivity contribution in [3.05, 3.63) is 64.4 Å². The number of fused-ring (bicyclic) bond motifs is 1. The lowest BCUT2D eigenvalue weighted by Crippen LogP contribution is -2.34. The van der Waals surface area contributed by atoms with E-state index in [0.717, 1.165) is 10.3 Å². The molecule has 3 aromatic rings. The van der Waals surface area contributed by atoms with Crippen LogP contribution in [0.5, 0.6) is 0 Å². The number of nitrogens with two attached hydrogens (primary N) is 1. The maximum atomic E-state index is 12.4. The van der Waals surface area contributed by atoms with Gasteiger partial charge in [0.1, 0.15) is 6.04 Å². The number of rotatable bonds is 6. The van der Waals surface area contributed by atoms with Gasteiger partial charge in [0, 0.05) is 6.54 Å². The molecule has 1 unspecified atom stereocenters. The fourth-order valence-corrected chi connectivity index (χ4v) is 4.23. The van der Waals surface area contributed by atoms with E-state index in [1.165, 1.54) is 27.6 Å². The lowest BCUT2D eigenvalue weighted by atomic mass is 10.1. The third kappa shape index (κ3) is 4.26. The SMILES string of the molecule is CC(C(=O)NCCc1ccc(S(N)(=O)=O)cc1)n1sc2ccccc2c1=O. The summed E-state index contributed by atoms with van der Waals surface area (Å²) < 4.78 is 24.8. The van der Waals surface area contributed by atoms with Gasteiger partial charge in [-0.15, -0.1) is 0 Å². The van der Waals surface area contributed by atoms with Crippen molar-refractivity contribution in [2.24, 2.45) is 5.14 Å². The molecule has 0 aliphatic rings. The van der Waals surface area contributed by atoms with Crippen molar-refractivity contribution in [1.82, 2.24) is 9.27 Å². The Labute approximate surface area is 160 Å². The van der Waals surface area contributed by atoms with E-state index in [0.29, 0.717) is 18.4 Å². The summed E-state index contributed by atoms with van der Waals surface area (Å²) in [7, 11) is -3.71. The summed E-state index contributed by atoms with van der Waals surface area (Å²) in [5.41, 5.74) is 0.700. The van der Waals surface area contributed by atoms with Gasteiger partial charge in [0.05, 0.1) is 15.0 Å². The highest BCUT2D eigenvalue weighted by atomic mass is 32.2. The highest BCUT2D eigenvalue weighted by molar-refractivity contribution is 7.89. The molecule has 2 aromatic carbocycles. The summed E-state index contributed by atoms with van der Waals surface area (Å²) in [4.78, 5) is 24.9. The molecular weight excluding hydrogens is 386 g/mol. The standard InChI is InChI=1S/C18H19N3O4S2/c1-12(21-18(23)15-4-2-3-5-16(15)26-21)17(22)20-11-10-13-6-8-14(9-7-13)27(19,24)25/h2-9,12H,10-11H2,1H3,(H,20,22)(H2,19,24,25). The molecule has 0 saturated carbocycles. The molecule has 0 bridgehead atoms. The van der Waals surface area contributed by atoms with Crippen LogP contribution in [-0.2, 0) is 21.2 Å². The van der Waals surface area contributed by atoms with Crippen LogP contribution >= 0.6 is 11.5 Å². The summed E-state index contributed by atoms with van der Waals surface area (Å²) >= 11 is 1.27. The number of benzene rings is 2. The number of sulfonamides is 1. The molecule has 0 fully saturated rings. The highest BCUT2D eigenvalue weighted by Gasteiger charge is 2.19. The van der Waals surface area contributed by atoms with E-state index in [-0.39, 0.29) is 16.4 Å². The number of amides is 1. The van der Waals surface area contributed by atoms with Crippen molar-refractivity contribution in [3.63, 3.8) is 0 Å². The number of nitrogens with one attached hydrogen (secondary N) is 1. The van der Waals surface area contributed by atoms with Crippen molar-refractivity contribution < 1.29 is 13.2 Å².